The number of piperazine rings is 1. The topological polar surface area (TPSA) is 15.3 Å². The molecule has 2 aliphatic rings. The number of halogens is 2. The number of hydrogen-bond donors (Lipinski definition) is 1. The monoisotopic (exact) mass is 340 g/mol. The Kier molecular flexibility index (Phi) is 4.16. The number of hydrogen-bond acceptors (Lipinski definition) is 2. The molecule has 0 amide bonds. The van der Waals surface area contributed by atoms with E-state index in [-0.39, 0.29) is 11.4 Å². The molecular formula is C16H22BrFN2. The second-order valence-corrected chi connectivity index (χ2v) is 7.10. The Morgan fingerprint density at radius 3 is 2.90 bits per heavy atom. The molecule has 1 aromatic rings. The number of benzene rings is 1. The first-order valence-corrected chi connectivity index (χ1v) is 8.31. The summed E-state index contributed by atoms with van der Waals surface area (Å²) in [4.78, 5) is 2.58. The minimum Gasteiger partial charge on any atom is -0.311 e. The Morgan fingerprint density at radius 1 is 1.40 bits per heavy atom. The van der Waals surface area contributed by atoms with Crippen LogP contribution in [0.4, 0.5) is 4.39 Å². The van der Waals surface area contributed by atoms with Gasteiger partial charge < -0.3 is 5.32 Å². The van der Waals surface area contributed by atoms with Crippen LogP contribution in [-0.4, -0.2) is 29.6 Å². The van der Waals surface area contributed by atoms with Crippen molar-refractivity contribution in [1.82, 2.24) is 10.2 Å². The Hall–Kier alpha value is -0.450. The maximum atomic E-state index is 13.7. The Balaban J connectivity index is 1.84. The van der Waals surface area contributed by atoms with Gasteiger partial charge in [0.1, 0.15) is 5.82 Å². The smallest absolute Gasteiger partial charge is 0.137 e. The Labute approximate surface area is 128 Å². The average Bonchev–Trinajstić information content (AvgIpc) is 2.89. The predicted molar refractivity (Wildman–Crippen MR) is 83.2 cm³/mol. The molecule has 0 bridgehead atoms. The first-order valence-electron chi connectivity index (χ1n) is 7.52. The van der Waals surface area contributed by atoms with Gasteiger partial charge in [0.2, 0.25) is 0 Å². The highest BCUT2D eigenvalue weighted by Gasteiger charge is 2.42. The lowest BCUT2D eigenvalue weighted by molar-refractivity contribution is 0.0390. The van der Waals surface area contributed by atoms with E-state index in [4.69, 9.17) is 0 Å². The molecule has 2 fully saturated rings. The summed E-state index contributed by atoms with van der Waals surface area (Å²) in [5, 5.41) is 3.63. The molecule has 0 radical (unpaired) electrons. The van der Waals surface area contributed by atoms with E-state index >= 15 is 0 Å². The number of nitrogens with one attached hydrogen (secondary N) is 1. The number of rotatable bonds is 2. The van der Waals surface area contributed by atoms with Gasteiger partial charge in [0, 0.05) is 31.2 Å². The molecule has 3 rings (SSSR count). The Bertz CT molecular complexity index is 485. The van der Waals surface area contributed by atoms with Crippen LogP contribution in [0.5, 0.6) is 0 Å². The first kappa shape index (κ1) is 14.5. The minimum atomic E-state index is -0.161. The molecule has 1 N–H and O–H groups in total. The molecule has 20 heavy (non-hydrogen) atoms. The molecule has 1 aliphatic heterocycles. The lowest BCUT2D eigenvalue weighted by Crippen LogP contribution is -2.62. The summed E-state index contributed by atoms with van der Waals surface area (Å²) >= 11 is 3.40. The zero-order valence-electron chi connectivity index (χ0n) is 12.0. The van der Waals surface area contributed by atoms with E-state index in [1.54, 1.807) is 0 Å². The second-order valence-electron chi connectivity index (χ2n) is 6.31. The SMILES string of the molecule is CC1CN(Cc2cccc(F)c2Br)C2(CCCC2)CN1. The molecule has 110 valence electrons. The second kappa shape index (κ2) is 5.74. The third-order valence-corrected chi connectivity index (χ3v) is 5.76. The number of nitrogens with zero attached hydrogens (tertiary/aromatic N) is 1. The summed E-state index contributed by atoms with van der Waals surface area (Å²) in [6.45, 7) is 5.18. The van der Waals surface area contributed by atoms with Gasteiger partial charge in [-0.15, -0.1) is 0 Å². The van der Waals surface area contributed by atoms with Gasteiger partial charge >= 0.3 is 0 Å². The molecule has 1 atom stereocenters. The van der Waals surface area contributed by atoms with Crippen molar-refractivity contribution in [3.63, 3.8) is 0 Å². The van der Waals surface area contributed by atoms with Crippen molar-refractivity contribution in [3.05, 3.63) is 34.1 Å². The molecular weight excluding hydrogens is 319 g/mol. The third-order valence-electron chi connectivity index (χ3n) is 4.87. The highest BCUT2D eigenvalue weighted by Crippen LogP contribution is 2.38. The van der Waals surface area contributed by atoms with Crippen LogP contribution in [0.25, 0.3) is 0 Å². The van der Waals surface area contributed by atoms with Crippen molar-refractivity contribution in [2.75, 3.05) is 13.1 Å². The van der Waals surface area contributed by atoms with Crippen molar-refractivity contribution in [3.8, 4) is 0 Å². The highest BCUT2D eigenvalue weighted by molar-refractivity contribution is 9.10. The van der Waals surface area contributed by atoms with E-state index in [0.29, 0.717) is 10.5 Å². The van der Waals surface area contributed by atoms with Gasteiger partial charge in [-0.2, -0.15) is 0 Å². The van der Waals surface area contributed by atoms with Crippen LogP contribution >= 0.6 is 15.9 Å². The highest BCUT2D eigenvalue weighted by atomic mass is 79.9. The molecule has 1 unspecified atom stereocenters. The van der Waals surface area contributed by atoms with E-state index in [1.165, 1.54) is 31.7 Å². The molecule has 0 aromatic heterocycles. The summed E-state index contributed by atoms with van der Waals surface area (Å²) < 4.78 is 14.3. The van der Waals surface area contributed by atoms with E-state index in [1.807, 2.05) is 12.1 Å². The van der Waals surface area contributed by atoms with Crippen molar-refractivity contribution in [2.45, 2.75) is 50.7 Å². The van der Waals surface area contributed by atoms with Crippen molar-refractivity contribution in [1.29, 1.82) is 0 Å². The van der Waals surface area contributed by atoms with Gasteiger partial charge in [-0.25, -0.2) is 4.39 Å². The van der Waals surface area contributed by atoms with Crippen LogP contribution in [-0.2, 0) is 6.54 Å². The minimum absolute atomic E-state index is 0.161. The van der Waals surface area contributed by atoms with Gasteiger partial charge in [0.05, 0.1) is 4.47 Å². The zero-order valence-corrected chi connectivity index (χ0v) is 13.5. The molecule has 2 nitrogen and oxygen atoms in total. The summed E-state index contributed by atoms with van der Waals surface area (Å²) in [6.07, 6.45) is 5.16. The van der Waals surface area contributed by atoms with Crippen LogP contribution in [0.3, 0.4) is 0 Å². The van der Waals surface area contributed by atoms with Gasteiger partial charge in [0.15, 0.2) is 0 Å². The van der Waals surface area contributed by atoms with Crippen molar-refractivity contribution >= 4 is 15.9 Å². The van der Waals surface area contributed by atoms with Crippen molar-refractivity contribution in [2.24, 2.45) is 0 Å². The predicted octanol–water partition coefficient (Wildman–Crippen LogP) is 3.69. The molecule has 4 heteroatoms. The van der Waals surface area contributed by atoms with E-state index < -0.39 is 0 Å². The average molecular weight is 341 g/mol. The van der Waals surface area contributed by atoms with E-state index in [2.05, 4.69) is 33.1 Å². The molecule has 1 aliphatic carbocycles. The van der Waals surface area contributed by atoms with Gasteiger partial charge in [-0.1, -0.05) is 25.0 Å². The maximum absolute atomic E-state index is 13.7. The summed E-state index contributed by atoms with van der Waals surface area (Å²) in [5.74, 6) is -0.161. The lowest BCUT2D eigenvalue weighted by atomic mass is 9.90. The zero-order chi connectivity index (χ0) is 14.2. The van der Waals surface area contributed by atoms with Crippen molar-refractivity contribution < 1.29 is 4.39 Å². The van der Waals surface area contributed by atoms with Crippen LogP contribution in [0.1, 0.15) is 38.2 Å². The molecule has 1 saturated carbocycles. The summed E-state index contributed by atoms with van der Waals surface area (Å²) in [7, 11) is 0. The third kappa shape index (κ3) is 2.66. The van der Waals surface area contributed by atoms with Gasteiger partial charge in [-0.3, -0.25) is 4.90 Å². The fourth-order valence-electron chi connectivity index (χ4n) is 3.70. The lowest BCUT2D eigenvalue weighted by Gasteiger charge is -2.48. The van der Waals surface area contributed by atoms with E-state index in [0.717, 1.165) is 25.2 Å². The van der Waals surface area contributed by atoms with Gasteiger partial charge in [-0.05, 0) is 47.3 Å². The normalized spacial score (nSPS) is 26.2. The van der Waals surface area contributed by atoms with E-state index in [9.17, 15) is 4.39 Å². The van der Waals surface area contributed by atoms with Crippen LogP contribution in [0.15, 0.2) is 22.7 Å². The molecule has 1 heterocycles. The fourth-order valence-corrected chi connectivity index (χ4v) is 4.09. The summed E-state index contributed by atoms with van der Waals surface area (Å²) in [5.41, 5.74) is 1.35. The standard InChI is InChI=1S/C16H22BrFN2/c1-12-9-20(16(11-19-12)7-2-3-8-16)10-13-5-4-6-14(18)15(13)17/h4-6,12,19H,2-3,7-11H2,1H3. The largest absolute Gasteiger partial charge is 0.311 e. The maximum Gasteiger partial charge on any atom is 0.137 e. The first-order chi connectivity index (χ1) is 9.61. The Morgan fingerprint density at radius 2 is 2.15 bits per heavy atom. The van der Waals surface area contributed by atoms with Crippen LogP contribution in [0, 0.1) is 5.82 Å². The van der Waals surface area contributed by atoms with Crippen LogP contribution in [0.2, 0.25) is 0 Å². The molecule has 1 spiro atoms. The quantitative estimate of drug-likeness (QED) is 0.883. The van der Waals surface area contributed by atoms with Crippen LogP contribution < -0.4 is 5.32 Å². The van der Waals surface area contributed by atoms with Gasteiger partial charge in [0.25, 0.3) is 0 Å². The molecule has 1 saturated heterocycles. The summed E-state index contributed by atoms with van der Waals surface area (Å²) in [6, 6.07) is 5.86. The molecule has 1 aromatic carbocycles. The fraction of sp³-hybridized carbons (Fsp3) is 0.625.